The van der Waals surface area contributed by atoms with Crippen molar-refractivity contribution in [1.29, 1.82) is 0 Å². The van der Waals surface area contributed by atoms with Crippen LogP contribution in [0.25, 0.3) is 0 Å². The van der Waals surface area contributed by atoms with Crippen LogP contribution in [-0.2, 0) is 5.00 Å². The highest BCUT2D eigenvalue weighted by Gasteiger charge is 2.62. The number of aliphatic imine (C=N–C) groups is 1. The summed E-state index contributed by atoms with van der Waals surface area (Å²) in [7, 11) is 0. The maximum absolute atomic E-state index is 14.9. The molecule has 2 aromatic carbocycles. The lowest BCUT2D eigenvalue weighted by Gasteiger charge is -2.24. The summed E-state index contributed by atoms with van der Waals surface area (Å²) in [5, 5.41) is -2.85. The number of halogens is 3. The molecule has 1 heterocycles. The average Bonchev–Trinajstić information content (AvgIpc) is 2.72. The quantitative estimate of drug-likeness (QED) is 0.737. The molecular formula is C15H10F3NS. The molecule has 20 heavy (non-hydrogen) atoms. The monoisotopic (exact) mass is 293 g/mol. The molecule has 1 atom stereocenters. The predicted molar refractivity (Wildman–Crippen MR) is 74.7 cm³/mol. The Morgan fingerprint density at radius 3 is 1.95 bits per heavy atom. The largest absolute Gasteiger partial charge is 0.391 e. The first-order valence-corrected chi connectivity index (χ1v) is 6.81. The van der Waals surface area contributed by atoms with Gasteiger partial charge in [-0.1, -0.05) is 72.4 Å². The van der Waals surface area contributed by atoms with E-state index in [1.807, 2.05) is 0 Å². The fraction of sp³-hybridized carbons (Fsp3) is 0.133. The molecule has 0 fully saturated rings. The molecule has 1 unspecified atom stereocenters. The van der Waals surface area contributed by atoms with Gasteiger partial charge >= 0.3 is 6.05 Å². The van der Waals surface area contributed by atoms with Crippen molar-refractivity contribution in [3.05, 3.63) is 71.8 Å². The smallest absolute Gasteiger partial charge is 0.217 e. The molecule has 0 bridgehead atoms. The minimum atomic E-state index is -3.79. The van der Waals surface area contributed by atoms with Crippen LogP contribution in [0.3, 0.4) is 0 Å². The molecule has 1 aliphatic heterocycles. The second-order valence-electron chi connectivity index (χ2n) is 4.39. The molecule has 0 spiro atoms. The SMILES string of the molecule is FC1(F)N=C(c2ccccc2)SC1(F)c1ccccc1. The van der Waals surface area contributed by atoms with E-state index in [4.69, 9.17) is 0 Å². The van der Waals surface area contributed by atoms with Crippen molar-refractivity contribution < 1.29 is 13.2 Å². The second kappa shape index (κ2) is 4.66. The number of rotatable bonds is 2. The van der Waals surface area contributed by atoms with Gasteiger partial charge in [-0.15, -0.1) is 0 Å². The molecule has 3 rings (SSSR count). The first-order valence-electron chi connectivity index (χ1n) is 5.99. The van der Waals surface area contributed by atoms with Crippen LogP contribution in [0.4, 0.5) is 13.2 Å². The van der Waals surface area contributed by atoms with E-state index < -0.39 is 11.0 Å². The van der Waals surface area contributed by atoms with Crippen LogP contribution >= 0.6 is 11.8 Å². The molecule has 2 aromatic rings. The van der Waals surface area contributed by atoms with Crippen molar-refractivity contribution in [1.82, 2.24) is 0 Å². The van der Waals surface area contributed by atoms with E-state index in [0.717, 1.165) is 0 Å². The van der Waals surface area contributed by atoms with Gasteiger partial charge in [0.25, 0.3) is 5.00 Å². The molecule has 0 aromatic heterocycles. The minimum Gasteiger partial charge on any atom is -0.217 e. The number of nitrogens with zero attached hydrogens (tertiary/aromatic N) is 1. The fourth-order valence-corrected chi connectivity index (χ4v) is 3.11. The third kappa shape index (κ3) is 2.02. The van der Waals surface area contributed by atoms with Gasteiger partial charge in [0.1, 0.15) is 5.04 Å². The van der Waals surface area contributed by atoms with E-state index in [0.29, 0.717) is 17.3 Å². The highest BCUT2D eigenvalue weighted by atomic mass is 32.2. The number of thioether (sulfide) groups is 1. The van der Waals surface area contributed by atoms with Gasteiger partial charge in [0.05, 0.1) is 0 Å². The third-order valence-corrected chi connectivity index (χ3v) is 4.31. The Morgan fingerprint density at radius 2 is 1.35 bits per heavy atom. The van der Waals surface area contributed by atoms with Crippen LogP contribution < -0.4 is 0 Å². The molecule has 5 heteroatoms. The average molecular weight is 293 g/mol. The zero-order valence-electron chi connectivity index (χ0n) is 10.3. The number of hydrogen-bond acceptors (Lipinski definition) is 2. The van der Waals surface area contributed by atoms with Crippen LogP contribution in [-0.4, -0.2) is 11.1 Å². The molecule has 1 nitrogen and oxygen atoms in total. The van der Waals surface area contributed by atoms with Gasteiger partial charge in [-0.2, -0.15) is 8.78 Å². The lowest BCUT2D eigenvalue weighted by atomic mass is 10.1. The normalized spacial score (nSPS) is 24.4. The zero-order chi connectivity index (χ0) is 14.2. The topological polar surface area (TPSA) is 12.4 Å². The Hall–Kier alpha value is -1.75. The van der Waals surface area contributed by atoms with Gasteiger partial charge in [-0.05, 0) is 0 Å². The maximum atomic E-state index is 14.9. The maximum Gasteiger partial charge on any atom is 0.391 e. The lowest BCUT2D eigenvalue weighted by molar-refractivity contribution is -0.0815. The molecule has 0 radical (unpaired) electrons. The zero-order valence-corrected chi connectivity index (χ0v) is 11.1. The molecule has 1 aliphatic rings. The van der Waals surface area contributed by atoms with Gasteiger partial charge in [-0.3, -0.25) is 0 Å². The van der Waals surface area contributed by atoms with Crippen molar-refractivity contribution in [3.8, 4) is 0 Å². The van der Waals surface area contributed by atoms with Crippen LogP contribution in [0.1, 0.15) is 11.1 Å². The second-order valence-corrected chi connectivity index (χ2v) is 5.54. The Labute approximate surface area is 118 Å². The van der Waals surface area contributed by atoms with Crippen molar-refractivity contribution >= 4 is 16.8 Å². The molecule has 0 aliphatic carbocycles. The predicted octanol–water partition coefficient (Wildman–Crippen LogP) is 4.60. The highest BCUT2D eigenvalue weighted by Crippen LogP contribution is 2.56. The minimum absolute atomic E-state index is 0.0157. The number of alkyl halides is 3. The summed E-state index contributed by atoms with van der Waals surface area (Å²) in [5.74, 6) is 0. The van der Waals surface area contributed by atoms with E-state index in [1.54, 1.807) is 36.4 Å². The Kier molecular flexibility index (Phi) is 3.09. The van der Waals surface area contributed by atoms with Crippen LogP contribution in [0.2, 0.25) is 0 Å². The van der Waals surface area contributed by atoms with E-state index in [1.165, 1.54) is 24.3 Å². The number of hydrogen-bond donors (Lipinski definition) is 0. The summed E-state index contributed by atoms with van der Waals surface area (Å²) >= 11 is 0.459. The van der Waals surface area contributed by atoms with Crippen molar-refractivity contribution in [2.45, 2.75) is 11.0 Å². The third-order valence-electron chi connectivity index (χ3n) is 3.03. The lowest BCUT2D eigenvalue weighted by Crippen LogP contribution is -2.33. The van der Waals surface area contributed by atoms with E-state index in [2.05, 4.69) is 4.99 Å². The van der Waals surface area contributed by atoms with Crippen molar-refractivity contribution in [2.24, 2.45) is 4.99 Å². The first kappa shape index (κ1) is 13.2. The molecule has 0 saturated heterocycles. The summed E-state index contributed by atoms with van der Waals surface area (Å²) in [6, 6.07) is 12.1. The Balaban J connectivity index is 2.02. The number of benzene rings is 2. The van der Waals surface area contributed by atoms with E-state index >= 15 is 0 Å². The summed E-state index contributed by atoms with van der Waals surface area (Å²) in [5.41, 5.74) is 0.414. The van der Waals surface area contributed by atoms with Gasteiger partial charge in [0.2, 0.25) is 0 Å². The molecule has 0 amide bonds. The van der Waals surface area contributed by atoms with Crippen LogP contribution in [0.5, 0.6) is 0 Å². The Bertz CT molecular complexity index is 643. The van der Waals surface area contributed by atoms with Crippen molar-refractivity contribution in [3.63, 3.8) is 0 Å². The van der Waals surface area contributed by atoms with Crippen LogP contribution in [0, 0.1) is 0 Å². The van der Waals surface area contributed by atoms with Crippen molar-refractivity contribution in [2.75, 3.05) is 0 Å². The fourth-order valence-electron chi connectivity index (χ4n) is 2.01. The summed E-state index contributed by atoms with van der Waals surface area (Å²) < 4.78 is 42.9. The first-order chi connectivity index (χ1) is 9.53. The van der Waals surface area contributed by atoms with E-state index in [-0.39, 0.29) is 10.6 Å². The molecular weight excluding hydrogens is 283 g/mol. The van der Waals surface area contributed by atoms with Gasteiger partial charge in [0, 0.05) is 11.1 Å². The van der Waals surface area contributed by atoms with Gasteiger partial charge < -0.3 is 0 Å². The molecule has 0 N–H and O–H groups in total. The molecule has 102 valence electrons. The van der Waals surface area contributed by atoms with Crippen LogP contribution in [0.15, 0.2) is 65.7 Å². The highest BCUT2D eigenvalue weighted by molar-refractivity contribution is 8.15. The summed E-state index contributed by atoms with van der Waals surface area (Å²) in [4.78, 5) is 3.29. The van der Waals surface area contributed by atoms with E-state index in [9.17, 15) is 13.2 Å². The van der Waals surface area contributed by atoms with Gasteiger partial charge in [-0.25, -0.2) is 9.38 Å². The standard InChI is InChI=1S/C15H10F3NS/c16-14(12-9-5-2-6-10-12)15(17,18)19-13(20-14)11-7-3-1-4-8-11/h1-10H. The Morgan fingerprint density at radius 1 is 0.800 bits per heavy atom. The van der Waals surface area contributed by atoms with Gasteiger partial charge in [0.15, 0.2) is 0 Å². The summed E-state index contributed by atoms with van der Waals surface area (Å²) in [6.07, 6.45) is 0. The molecule has 0 saturated carbocycles. The summed E-state index contributed by atoms with van der Waals surface area (Å²) in [6.45, 7) is 0.